The summed E-state index contributed by atoms with van der Waals surface area (Å²) in [5.41, 5.74) is 4.45. The van der Waals surface area contributed by atoms with Crippen molar-refractivity contribution < 1.29 is 19.8 Å². The van der Waals surface area contributed by atoms with Crippen LogP contribution >= 0.6 is 0 Å². The van der Waals surface area contributed by atoms with Gasteiger partial charge in [0.15, 0.2) is 6.10 Å². The summed E-state index contributed by atoms with van der Waals surface area (Å²) in [6.07, 6.45) is 0.737. The van der Waals surface area contributed by atoms with Crippen LogP contribution < -0.4 is 15.1 Å². The van der Waals surface area contributed by atoms with Crippen LogP contribution in [0.2, 0.25) is 0 Å². The van der Waals surface area contributed by atoms with Crippen LogP contribution in [0.1, 0.15) is 12.5 Å². The summed E-state index contributed by atoms with van der Waals surface area (Å²) < 4.78 is 5.89. The Morgan fingerprint density at radius 2 is 1.88 bits per heavy atom. The van der Waals surface area contributed by atoms with E-state index in [9.17, 15) is 9.90 Å². The molecular formula is C20H22N2O4. The second-order valence-corrected chi connectivity index (χ2v) is 6.20. The van der Waals surface area contributed by atoms with Crippen molar-refractivity contribution in [3.05, 3.63) is 66.2 Å². The molecule has 1 aliphatic rings. The van der Waals surface area contributed by atoms with Crippen LogP contribution in [0.25, 0.3) is 5.57 Å². The van der Waals surface area contributed by atoms with Crippen LogP contribution in [-0.2, 0) is 4.79 Å². The SMILES string of the molecule is CC1C=C(COc2ccccc2)c2ccccc2N1C[C@H](O)C(=O)NO. The molecule has 6 heteroatoms. The third kappa shape index (κ3) is 3.87. The van der Waals surface area contributed by atoms with E-state index in [2.05, 4.69) is 6.08 Å². The number of amides is 1. The van der Waals surface area contributed by atoms with E-state index in [1.165, 1.54) is 5.48 Å². The van der Waals surface area contributed by atoms with Gasteiger partial charge >= 0.3 is 0 Å². The Labute approximate surface area is 152 Å². The number of carbonyl (C=O) groups excluding carboxylic acids is 1. The van der Waals surface area contributed by atoms with E-state index >= 15 is 0 Å². The van der Waals surface area contributed by atoms with Gasteiger partial charge in [-0.15, -0.1) is 0 Å². The van der Waals surface area contributed by atoms with E-state index in [1.54, 1.807) is 0 Å². The molecule has 1 aliphatic heterocycles. The maximum atomic E-state index is 11.5. The summed E-state index contributed by atoms with van der Waals surface area (Å²) in [4.78, 5) is 13.4. The van der Waals surface area contributed by atoms with Gasteiger partial charge in [-0.05, 0) is 30.7 Å². The zero-order valence-electron chi connectivity index (χ0n) is 14.5. The second kappa shape index (κ2) is 8.03. The van der Waals surface area contributed by atoms with E-state index in [0.717, 1.165) is 22.6 Å². The fraction of sp³-hybridized carbons (Fsp3) is 0.250. The van der Waals surface area contributed by atoms with E-state index in [1.807, 2.05) is 66.4 Å². The largest absolute Gasteiger partial charge is 0.489 e. The number of anilines is 1. The number of nitrogens with zero attached hydrogens (tertiary/aromatic N) is 1. The summed E-state index contributed by atoms with van der Waals surface area (Å²) in [5, 5.41) is 18.7. The summed E-state index contributed by atoms with van der Waals surface area (Å²) in [7, 11) is 0. The molecule has 0 aliphatic carbocycles. The topological polar surface area (TPSA) is 82.0 Å². The van der Waals surface area contributed by atoms with E-state index in [0.29, 0.717) is 6.61 Å². The number of carbonyl (C=O) groups is 1. The molecule has 0 radical (unpaired) electrons. The molecule has 0 saturated carbocycles. The molecule has 2 aromatic rings. The number of hydroxylamine groups is 1. The van der Waals surface area contributed by atoms with E-state index in [4.69, 9.17) is 9.94 Å². The third-order valence-corrected chi connectivity index (χ3v) is 4.41. The fourth-order valence-electron chi connectivity index (χ4n) is 3.10. The standard InChI is InChI=1S/C20H22N2O4/c1-14-11-15(13-26-16-7-3-2-4-8-16)17-9-5-6-10-18(17)22(14)12-19(23)20(24)21-25/h2-11,14,19,23,25H,12-13H2,1H3,(H,21,24)/t14?,19-/m0/s1. The first-order valence-electron chi connectivity index (χ1n) is 8.46. The Morgan fingerprint density at radius 3 is 2.62 bits per heavy atom. The van der Waals surface area contributed by atoms with Gasteiger partial charge in [0.05, 0.1) is 6.54 Å². The molecule has 0 bridgehead atoms. The van der Waals surface area contributed by atoms with Crippen LogP contribution in [0.4, 0.5) is 5.69 Å². The molecule has 1 amide bonds. The summed E-state index contributed by atoms with van der Waals surface area (Å²) in [5.74, 6) is -0.0205. The number of aliphatic hydroxyl groups is 1. The monoisotopic (exact) mass is 354 g/mol. The zero-order valence-corrected chi connectivity index (χ0v) is 14.5. The van der Waals surface area contributed by atoms with Crippen LogP contribution in [0.3, 0.4) is 0 Å². The molecule has 0 fully saturated rings. The molecule has 3 rings (SSSR count). The molecule has 0 aromatic heterocycles. The zero-order chi connectivity index (χ0) is 18.5. The lowest BCUT2D eigenvalue weighted by Gasteiger charge is -2.37. The van der Waals surface area contributed by atoms with Crippen LogP contribution in [0, 0.1) is 0 Å². The lowest BCUT2D eigenvalue weighted by Crippen LogP contribution is -2.46. The van der Waals surface area contributed by atoms with E-state index in [-0.39, 0.29) is 12.6 Å². The molecule has 3 N–H and O–H groups in total. The maximum absolute atomic E-state index is 11.5. The molecule has 1 unspecified atom stereocenters. The fourth-order valence-corrected chi connectivity index (χ4v) is 3.10. The number of benzene rings is 2. The van der Waals surface area contributed by atoms with Crippen molar-refractivity contribution in [3.63, 3.8) is 0 Å². The molecule has 6 nitrogen and oxygen atoms in total. The first kappa shape index (κ1) is 18.0. The van der Waals surface area contributed by atoms with Gasteiger partial charge in [-0.3, -0.25) is 10.0 Å². The normalized spacial score (nSPS) is 17.1. The highest BCUT2D eigenvalue weighted by Gasteiger charge is 2.27. The lowest BCUT2D eigenvalue weighted by molar-refractivity contribution is -0.137. The van der Waals surface area contributed by atoms with Crippen molar-refractivity contribution in [2.75, 3.05) is 18.1 Å². The second-order valence-electron chi connectivity index (χ2n) is 6.20. The highest BCUT2D eigenvalue weighted by atomic mass is 16.5. The number of nitrogens with one attached hydrogen (secondary N) is 1. The van der Waals surface area contributed by atoms with Crippen LogP contribution in [-0.4, -0.2) is 41.5 Å². The van der Waals surface area contributed by atoms with Crippen LogP contribution in [0.5, 0.6) is 5.75 Å². The average molecular weight is 354 g/mol. The Balaban J connectivity index is 1.81. The summed E-state index contributed by atoms with van der Waals surface area (Å²) in [6, 6.07) is 17.4. The highest BCUT2D eigenvalue weighted by Crippen LogP contribution is 2.34. The molecule has 26 heavy (non-hydrogen) atoms. The minimum atomic E-state index is -1.33. The highest BCUT2D eigenvalue weighted by molar-refractivity contribution is 5.83. The molecule has 136 valence electrons. The summed E-state index contributed by atoms with van der Waals surface area (Å²) >= 11 is 0. The first-order chi connectivity index (χ1) is 12.6. The van der Waals surface area contributed by atoms with Crippen molar-refractivity contribution in [1.82, 2.24) is 5.48 Å². The average Bonchev–Trinajstić information content (AvgIpc) is 2.68. The number of para-hydroxylation sites is 2. The Morgan fingerprint density at radius 1 is 1.19 bits per heavy atom. The number of hydrogen-bond donors (Lipinski definition) is 3. The van der Waals surface area contributed by atoms with Gasteiger partial charge in [0.1, 0.15) is 12.4 Å². The van der Waals surface area contributed by atoms with Gasteiger partial charge in [0, 0.05) is 17.3 Å². The van der Waals surface area contributed by atoms with Gasteiger partial charge in [0.25, 0.3) is 5.91 Å². The first-order valence-corrected chi connectivity index (χ1v) is 8.46. The van der Waals surface area contributed by atoms with Crippen molar-refractivity contribution in [2.45, 2.75) is 19.1 Å². The number of fused-ring (bicyclic) bond motifs is 1. The Kier molecular flexibility index (Phi) is 5.55. The van der Waals surface area contributed by atoms with Crippen molar-refractivity contribution in [3.8, 4) is 5.75 Å². The van der Waals surface area contributed by atoms with Crippen LogP contribution in [0.15, 0.2) is 60.7 Å². The smallest absolute Gasteiger partial charge is 0.273 e. The van der Waals surface area contributed by atoms with Gasteiger partial charge in [0.2, 0.25) is 0 Å². The molecular weight excluding hydrogens is 332 g/mol. The Bertz CT molecular complexity index is 791. The van der Waals surface area contributed by atoms with Crippen molar-refractivity contribution >= 4 is 17.2 Å². The number of ether oxygens (including phenoxy) is 1. The molecule has 0 saturated heterocycles. The number of β-amino-alcohol motifs (C(OH)–C–C–N with tert-alkyl or cyclic N) is 1. The number of hydrogen-bond acceptors (Lipinski definition) is 5. The summed E-state index contributed by atoms with van der Waals surface area (Å²) in [6.45, 7) is 2.49. The lowest BCUT2D eigenvalue weighted by atomic mass is 9.95. The molecule has 0 spiro atoms. The number of rotatable bonds is 6. The van der Waals surface area contributed by atoms with Crippen molar-refractivity contribution in [2.24, 2.45) is 0 Å². The maximum Gasteiger partial charge on any atom is 0.273 e. The minimum Gasteiger partial charge on any atom is -0.489 e. The predicted octanol–water partition coefficient (Wildman–Crippen LogP) is 2.22. The van der Waals surface area contributed by atoms with Crippen molar-refractivity contribution in [1.29, 1.82) is 0 Å². The quantitative estimate of drug-likeness (QED) is 0.547. The molecule has 2 atom stereocenters. The van der Waals surface area contributed by atoms with Gasteiger partial charge < -0.3 is 14.7 Å². The molecule has 2 aromatic carbocycles. The Hall–Kier alpha value is -2.83. The predicted molar refractivity (Wildman–Crippen MR) is 99.1 cm³/mol. The molecule has 1 heterocycles. The van der Waals surface area contributed by atoms with Gasteiger partial charge in [-0.1, -0.05) is 42.5 Å². The third-order valence-electron chi connectivity index (χ3n) is 4.41. The van der Waals surface area contributed by atoms with Gasteiger partial charge in [-0.2, -0.15) is 0 Å². The minimum absolute atomic E-state index is 0.0413. The van der Waals surface area contributed by atoms with E-state index < -0.39 is 12.0 Å². The number of aliphatic hydroxyl groups excluding tert-OH is 1. The van der Waals surface area contributed by atoms with Gasteiger partial charge in [-0.25, -0.2) is 5.48 Å².